The van der Waals surface area contributed by atoms with Crippen LogP contribution >= 0.6 is 24.0 Å². The van der Waals surface area contributed by atoms with Crippen LogP contribution < -0.4 is 10.6 Å². The van der Waals surface area contributed by atoms with E-state index in [1.165, 1.54) is 41.5 Å². The molecule has 0 radical (unpaired) electrons. The van der Waals surface area contributed by atoms with Crippen molar-refractivity contribution in [3.63, 3.8) is 0 Å². The molecule has 1 saturated heterocycles. The number of fused-ring (bicyclic) bond motifs is 1. The Morgan fingerprint density at radius 3 is 2.88 bits per heavy atom. The zero-order valence-corrected chi connectivity index (χ0v) is 18.5. The summed E-state index contributed by atoms with van der Waals surface area (Å²) in [6.07, 6.45) is 3.58. The smallest absolute Gasteiger partial charge is 0.191 e. The first-order valence-electron chi connectivity index (χ1n) is 9.47. The Hall–Kier alpha value is -1.28. The maximum atomic E-state index is 4.37. The molecule has 26 heavy (non-hydrogen) atoms. The van der Waals surface area contributed by atoms with Gasteiger partial charge in [0.05, 0.1) is 0 Å². The van der Waals surface area contributed by atoms with Crippen molar-refractivity contribution < 1.29 is 0 Å². The Morgan fingerprint density at radius 1 is 1.31 bits per heavy atom. The van der Waals surface area contributed by atoms with Gasteiger partial charge < -0.3 is 15.6 Å². The quantitative estimate of drug-likeness (QED) is 0.346. The standard InChI is InChI=1S/C20H31N5.HI/c1-4-25-13-7-8-16(25)14-23-20(21-3)22-12-11-17-15(2)24-19-10-6-5-9-18(17)19;/h5-6,9-10,16,24H,4,7-8,11-14H2,1-3H3,(H2,21,22,23);1H. The molecule has 3 N–H and O–H groups in total. The topological polar surface area (TPSA) is 55.4 Å². The molecule has 2 heterocycles. The third kappa shape index (κ3) is 4.91. The van der Waals surface area contributed by atoms with Gasteiger partial charge in [0.2, 0.25) is 0 Å². The third-order valence-electron chi connectivity index (χ3n) is 5.33. The number of hydrogen-bond acceptors (Lipinski definition) is 2. The van der Waals surface area contributed by atoms with E-state index in [0.717, 1.165) is 32.0 Å². The van der Waals surface area contributed by atoms with Crippen LogP contribution in [0.1, 0.15) is 31.0 Å². The summed E-state index contributed by atoms with van der Waals surface area (Å²) in [4.78, 5) is 10.4. The molecule has 144 valence electrons. The van der Waals surface area contributed by atoms with Crippen molar-refractivity contribution in [2.75, 3.05) is 33.2 Å². The number of guanidine groups is 1. The van der Waals surface area contributed by atoms with E-state index in [9.17, 15) is 0 Å². The van der Waals surface area contributed by atoms with Crippen LogP contribution in [0.5, 0.6) is 0 Å². The van der Waals surface area contributed by atoms with Gasteiger partial charge in [-0.1, -0.05) is 25.1 Å². The lowest BCUT2D eigenvalue weighted by Gasteiger charge is -2.24. The molecular formula is C20H32IN5. The number of nitrogens with zero attached hydrogens (tertiary/aromatic N) is 2. The fraction of sp³-hybridized carbons (Fsp3) is 0.550. The number of likely N-dealkylation sites (tertiary alicyclic amines) is 1. The summed E-state index contributed by atoms with van der Waals surface area (Å²) in [7, 11) is 1.85. The zero-order chi connectivity index (χ0) is 17.6. The minimum Gasteiger partial charge on any atom is -0.358 e. The maximum absolute atomic E-state index is 4.37. The van der Waals surface area contributed by atoms with Crippen LogP contribution in [0.4, 0.5) is 0 Å². The van der Waals surface area contributed by atoms with E-state index in [4.69, 9.17) is 0 Å². The number of benzene rings is 1. The van der Waals surface area contributed by atoms with Crippen LogP contribution in [0.25, 0.3) is 10.9 Å². The molecule has 1 aromatic carbocycles. The lowest BCUT2D eigenvalue weighted by Crippen LogP contribution is -2.45. The van der Waals surface area contributed by atoms with Gasteiger partial charge in [-0.05, 0) is 50.9 Å². The Bertz CT molecular complexity index is 724. The highest BCUT2D eigenvalue weighted by Crippen LogP contribution is 2.21. The Balaban J connectivity index is 0.00000243. The predicted octanol–water partition coefficient (Wildman–Crippen LogP) is 3.29. The average Bonchev–Trinajstić information content (AvgIpc) is 3.21. The summed E-state index contributed by atoms with van der Waals surface area (Å²) in [6.45, 7) is 8.62. The molecule has 2 aromatic rings. The summed E-state index contributed by atoms with van der Waals surface area (Å²) < 4.78 is 0. The predicted molar refractivity (Wildman–Crippen MR) is 122 cm³/mol. The fourth-order valence-corrected chi connectivity index (χ4v) is 3.94. The van der Waals surface area contributed by atoms with Crippen molar-refractivity contribution in [2.24, 2.45) is 4.99 Å². The largest absolute Gasteiger partial charge is 0.358 e. The van der Waals surface area contributed by atoms with E-state index in [-0.39, 0.29) is 24.0 Å². The number of aliphatic imine (C=N–C) groups is 1. The lowest BCUT2D eigenvalue weighted by atomic mass is 10.1. The monoisotopic (exact) mass is 469 g/mol. The molecule has 0 amide bonds. The Kier molecular flexibility index (Phi) is 8.21. The van der Waals surface area contributed by atoms with Crippen molar-refractivity contribution in [1.82, 2.24) is 20.5 Å². The highest BCUT2D eigenvalue weighted by molar-refractivity contribution is 14.0. The van der Waals surface area contributed by atoms with Crippen LogP contribution in [0.3, 0.4) is 0 Å². The number of aromatic amines is 1. The molecular weight excluding hydrogens is 437 g/mol. The van der Waals surface area contributed by atoms with Crippen LogP contribution in [0.2, 0.25) is 0 Å². The fourth-order valence-electron chi connectivity index (χ4n) is 3.94. The molecule has 3 rings (SSSR count). The highest BCUT2D eigenvalue weighted by atomic mass is 127. The Labute approximate surface area is 174 Å². The van der Waals surface area contributed by atoms with Gasteiger partial charge in [-0.3, -0.25) is 9.89 Å². The Morgan fingerprint density at radius 2 is 2.12 bits per heavy atom. The summed E-state index contributed by atoms with van der Waals surface area (Å²) in [5.41, 5.74) is 3.88. The molecule has 5 nitrogen and oxygen atoms in total. The normalized spacial score (nSPS) is 18.1. The van der Waals surface area contributed by atoms with Gasteiger partial charge in [0.1, 0.15) is 0 Å². The second-order valence-electron chi connectivity index (χ2n) is 6.83. The number of H-pyrrole nitrogens is 1. The number of aryl methyl sites for hydroxylation is 1. The number of likely N-dealkylation sites (N-methyl/N-ethyl adjacent to an activating group) is 1. The SMILES string of the molecule is CCN1CCCC1CNC(=NC)NCCc1c(C)[nH]c2ccccc12.I. The van der Waals surface area contributed by atoms with E-state index in [1.54, 1.807) is 0 Å². The third-order valence-corrected chi connectivity index (χ3v) is 5.33. The first-order valence-corrected chi connectivity index (χ1v) is 9.47. The van der Waals surface area contributed by atoms with Crippen molar-refractivity contribution in [2.45, 2.75) is 39.2 Å². The maximum Gasteiger partial charge on any atom is 0.191 e. The van der Waals surface area contributed by atoms with Crippen LogP contribution in [0.15, 0.2) is 29.3 Å². The number of hydrogen-bond donors (Lipinski definition) is 3. The van der Waals surface area contributed by atoms with E-state index < -0.39 is 0 Å². The van der Waals surface area contributed by atoms with Crippen molar-refractivity contribution in [1.29, 1.82) is 0 Å². The second-order valence-corrected chi connectivity index (χ2v) is 6.83. The number of aromatic nitrogens is 1. The van der Waals surface area contributed by atoms with E-state index in [2.05, 4.69) is 63.6 Å². The molecule has 0 aliphatic carbocycles. The zero-order valence-electron chi connectivity index (χ0n) is 16.1. The molecule has 0 spiro atoms. The van der Waals surface area contributed by atoms with Crippen molar-refractivity contribution in [3.05, 3.63) is 35.5 Å². The summed E-state index contributed by atoms with van der Waals surface area (Å²) in [5, 5.41) is 8.29. The van der Waals surface area contributed by atoms with E-state index >= 15 is 0 Å². The molecule has 1 aromatic heterocycles. The van der Waals surface area contributed by atoms with Gasteiger partial charge in [0.25, 0.3) is 0 Å². The number of rotatable bonds is 6. The van der Waals surface area contributed by atoms with Gasteiger partial charge >= 0.3 is 0 Å². The molecule has 1 unspecified atom stereocenters. The molecule has 6 heteroatoms. The van der Waals surface area contributed by atoms with E-state index in [1.807, 2.05) is 7.05 Å². The average molecular weight is 469 g/mol. The van der Waals surface area contributed by atoms with Crippen LogP contribution in [-0.4, -0.2) is 55.1 Å². The summed E-state index contributed by atoms with van der Waals surface area (Å²) in [6, 6.07) is 9.16. The van der Waals surface area contributed by atoms with Gasteiger partial charge in [0, 0.05) is 42.8 Å². The van der Waals surface area contributed by atoms with Crippen LogP contribution in [0, 0.1) is 6.92 Å². The van der Waals surface area contributed by atoms with Gasteiger partial charge in [-0.2, -0.15) is 0 Å². The van der Waals surface area contributed by atoms with E-state index in [0.29, 0.717) is 6.04 Å². The van der Waals surface area contributed by atoms with Crippen molar-refractivity contribution >= 4 is 40.8 Å². The molecule has 0 bridgehead atoms. The first-order chi connectivity index (χ1) is 12.2. The van der Waals surface area contributed by atoms with Gasteiger partial charge in [-0.15, -0.1) is 24.0 Å². The minimum atomic E-state index is 0. The minimum absolute atomic E-state index is 0. The van der Waals surface area contributed by atoms with Gasteiger partial charge in [0.15, 0.2) is 5.96 Å². The highest BCUT2D eigenvalue weighted by Gasteiger charge is 2.22. The second kappa shape index (κ2) is 10.2. The molecule has 1 aliphatic heterocycles. The van der Waals surface area contributed by atoms with Crippen LogP contribution in [-0.2, 0) is 6.42 Å². The number of nitrogens with one attached hydrogen (secondary N) is 3. The summed E-state index contributed by atoms with van der Waals surface area (Å²) in [5.74, 6) is 0.903. The van der Waals surface area contributed by atoms with Crippen molar-refractivity contribution in [3.8, 4) is 0 Å². The molecule has 0 saturated carbocycles. The summed E-state index contributed by atoms with van der Waals surface area (Å²) >= 11 is 0. The molecule has 1 atom stereocenters. The molecule has 1 fully saturated rings. The number of para-hydroxylation sites is 1. The number of halogens is 1. The lowest BCUT2D eigenvalue weighted by molar-refractivity contribution is 0.267. The molecule has 1 aliphatic rings. The first kappa shape index (κ1) is 21.0. The van der Waals surface area contributed by atoms with Gasteiger partial charge in [-0.25, -0.2) is 0 Å².